The van der Waals surface area contributed by atoms with Gasteiger partial charge in [0, 0.05) is 16.5 Å². The van der Waals surface area contributed by atoms with E-state index in [9.17, 15) is 17.6 Å². The van der Waals surface area contributed by atoms with Gasteiger partial charge in [0.25, 0.3) is 0 Å². The van der Waals surface area contributed by atoms with E-state index in [4.69, 9.17) is 5.53 Å². The average molecular weight is 205 g/mol. The van der Waals surface area contributed by atoms with Crippen molar-refractivity contribution in [3.63, 3.8) is 0 Å². The largest absolute Gasteiger partial charge is 0.204 e. The molecular formula is C7H3F4N3. The van der Waals surface area contributed by atoms with E-state index >= 15 is 0 Å². The number of hydrogen-bond donors (Lipinski definition) is 0. The first-order valence-corrected chi connectivity index (χ1v) is 3.40. The summed E-state index contributed by atoms with van der Waals surface area (Å²) in [5, 5.41) is 2.81. The summed E-state index contributed by atoms with van der Waals surface area (Å²) < 4.78 is 50.7. The summed E-state index contributed by atoms with van der Waals surface area (Å²) in [6.45, 7) is -0.775. The van der Waals surface area contributed by atoms with Gasteiger partial charge in [0.05, 0.1) is 6.54 Å². The molecule has 14 heavy (non-hydrogen) atoms. The van der Waals surface area contributed by atoms with Crippen molar-refractivity contribution >= 4 is 0 Å². The SMILES string of the molecule is [N-]=[N+]=NCc1c(F)c(F)cc(F)c1F. The third kappa shape index (κ3) is 1.77. The van der Waals surface area contributed by atoms with Crippen LogP contribution >= 0.6 is 0 Å². The minimum absolute atomic E-state index is 0.0876. The van der Waals surface area contributed by atoms with Gasteiger partial charge in [0.2, 0.25) is 0 Å². The fourth-order valence-corrected chi connectivity index (χ4v) is 0.864. The van der Waals surface area contributed by atoms with Gasteiger partial charge in [-0.2, -0.15) is 0 Å². The van der Waals surface area contributed by atoms with E-state index in [2.05, 4.69) is 10.0 Å². The summed E-state index contributed by atoms with van der Waals surface area (Å²) in [7, 11) is 0. The Kier molecular flexibility index (Phi) is 2.93. The van der Waals surface area contributed by atoms with Crippen molar-refractivity contribution in [1.82, 2.24) is 0 Å². The normalized spacial score (nSPS) is 9.71. The molecule has 0 N–H and O–H groups in total. The second kappa shape index (κ2) is 3.97. The highest BCUT2D eigenvalue weighted by Crippen LogP contribution is 2.19. The fraction of sp³-hybridized carbons (Fsp3) is 0.143. The molecule has 0 fully saturated rings. The van der Waals surface area contributed by atoms with E-state index in [-0.39, 0.29) is 6.07 Å². The molecule has 0 unspecified atom stereocenters. The van der Waals surface area contributed by atoms with Crippen LogP contribution in [-0.4, -0.2) is 0 Å². The van der Waals surface area contributed by atoms with E-state index in [1.54, 1.807) is 0 Å². The van der Waals surface area contributed by atoms with E-state index in [0.29, 0.717) is 0 Å². The molecule has 0 saturated heterocycles. The lowest BCUT2D eigenvalue weighted by Gasteiger charge is -2.02. The second-order valence-electron chi connectivity index (χ2n) is 2.34. The molecule has 1 rings (SSSR count). The molecule has 3 nitrogen and oxygen atoms in total. The van der Waals surface area contributed by atoms with Crippen molar-refractivity contribution in [3.05, 3.63) is 45.3 Å². The second-order valence-corrected chi connectivity index (χ2v) is 2.34. The Balaban J connectivity index is 3.31. The van der Waals surface area contributed by atoms with Gasteiger partial charge >= 0.3 is 0 Å². The van der Waals surface area contributed by atoms with Gasteiger partial charge in [-0.1, -0.05) is 5.11 Å². The first-order chi connectivity index (χ1) is 6.57. The van der Waals surface area contributed by atoms with Gasteiger partial charge in [0.15, 0.2) is 23.3 Å². The summed E-state index contributed by atoms with van der Waals surface area (Å²) in [5.74, 6) is -6.13. The molecule has 7 heteroatoms. The lowest BCUT2D eigenvalue weighted by Crippen LogP contribution is -2.01. The Hall–Kier alpha value is -1.75. The monoisotopic (exact) mass is 205 g/mol. The number of azide groups is 1. The summed E-state index contributed by atoms with van der Waals surface area (Å²) in [6.07, 6.45) is 0. The molecule has 0 aliphatic carbocycles. The van der Waals surface area contributed by atoms with Gasteiger partial charge in [0.1, 0.15) is 0 Å². The summed E-state index contributed by atoms with van der Waals surface area (Å²) >= 11 is 0. The third-order valence-electron chi connectivity index (χ3n) is 1.49. The van der Waals surface area contributed by atoms with Crippen LogP contribution in [0.4, 0.5) is 17.6 Å². The topological polar surface area (TPSA) is 48.8 Å². The average Bonchev–Trinajstić information content (AvgIpc) is 2.15. The molecule has 0 spiro atoms. The number of benzene rings is 1. The predicted molar refractivity (Wildman–Crippen MR) is 39.1 cm³/mol. The van der Waals surface area contributed by atoms with E-state index in [1.165, 1.54) is 0 Å². The van der Waals surface area contributed by atoms with Gasteiger partial charge in [-0.05, 0) is 5.53 Å². The van der Waals surface area contributed by atoms with Crippen LogP contribution < -0.4 is 0 Å². The maximum atomic E-state index is 12.8. The van der Waals surface area contributed by atoms with Crippen LogP contribution in [0.25, 0.3) is 10.4 Å². The predicted octanol–water partition coefficient (Wildman–Crippen LogP) is 3.05. The van der Waals surface area contributed by atoms with Crippen molar-refractivity contribution in [3.8, 4) is 0 Å². The molecule has 74 valence electrons. The summed E-state index contributed by atoms with van der Waals surface area (Å²) in [6, 6.07) is 0.0876. The van der Waals surface area contributed by atoms with Gasteiger partial charge < -0.3 is 0 Å². The summed E-state index contributed by atoms with van der Waals surface area (Å²) in [4.78, 5) is 2.22. The van der Waals surface area contributed by atoms with Crippen LogP contribution in [-0.2, 0) is 6.54 Å². The number of hydrogen-bond acceptors (Lipinski definition) is 1. The number of rotatable bonds is 2. The van der Waals surface area contributed by atoms with Crippen LogP contribution in [0.5, 0.6) is 0 Å². The van der Waals surface area contributed by atoms with Crippen molar-refractivity contribution < 1.29 is 17.6 Å². The molecule has 0 aromatic heterocycles. The quantitative estimate of drug-likeness (QED) is 0.234. The van der Waals surface area contributed by atoms with Gasteiger partial charge in [-0.15, -0.1) is 0 Å². The highest BCUT2D eigenvalue weighted by atomic mass is 19.2. The molecule has 0 aliphatic heterocycles. The van der Waals surface area contributed by atoms with Crippen LogP contribution in [0.15, 0.2) is 11.2 Å². The Morgan fingerprint density at radius 3 is 2.07 bits per heavy atom. The zero-order valence-corrected chi connectivity index (χ0v) is 6.64. The van der Waals surface area contributed by atoms with Crippen molar-refractivity contribution in [2.75, 3.05) is 0 Å². The van der Waals surface area contributed by atoms with Gasteiger partial charge in [-0.25, -0.2) is 17.6 Å². The van der Waals surface area contributed by atoms with E-state index < -0.39 is 35.4 Å². The first-order valence-electron chi connectivity index (χ1n) is 3.40. The smallest absolute Gasteiger partial charge is 0.165 e. The molecule has 0 aliphatic rings. The molecule has 0 saturated carbocycles. The minimum atomic E-state index is -1.55. The highest BCUT2D eigenvalue weighted by Gasteiger charge is 2.17. The Labute approximate surface area is 75.6 Å². The Morgan fingerprint density at radius 1 is 1.14 bits per heavy atom. The van der Waals surface area contributed by atoms with Crippen molar-refractivity contribution in [1.29, 1.82) is 0 Å². The van der Waals surface area contributed by atoms with Crippen LogP contribution in [0, 0.1) is 23.3 Å². The lowest BCUT2D eigenvalue weighted by molar-refractivity contribution is 0.439. The van der Waals surface area contributed by atoms with Crippen LogP contribution in [0.2, 0.25) is 0 Å². The molecule has 0 radical (unpaired) electrons. The molecule has 1 aromatic rings. The minimum Gasteiger partial charge on any atom is -0.204 e. The third-order valence-corrected chi connectivity index (χ3v) is 1.49. The Morgan fingerprint density at radius 2 is 1.64 bits per heavy atom. The first kappa shape index (κ1) is 10.3. The lowest BCUT2D eigenvalue weighted by atomic mass is 10.2. The number of halogens is 4. The maximum absolute atomic E-state index is 12.8. The zero-order valence-electron chi connectivity index (χ0n) is 6.64. The molecule has 0 atom stereocenters. The molecule has 0 bridgehead atoms. The fourth-order valence-electron chi connectivity index (χ4n) is 0.864. The van der Waals surface area contributed by atoms with E-state index in [0.717, 1.165) is 0 Å². The summed E-state index contributed by atoms with van der Waals surface area (Å²) in [5.41, 5.74) is 6.96. The zero-order chi connectivity index (χ0) is 10.7. The van der Waals surface area contributed by atoms with Gasteiger partial charge in [-0.3, -0.25) is 0 Å². The molecule has 0 amide bonds. The van der Waals surface area contributed by atoms with Crippen LogP contribution in [0.3, 0.4) is 0 Å². The molecule has 0 heterocycles. The highest BCUT2D eigenvalue weighted by molar-refractivity contribution is 5.22. The molecule has 1 aromatic carbocycles. The number of nitrogens with zero attached hydrogens (tertiary/aromatic N) is 3. The maximum Gasteiger partial charge on any atom is 0.165 e. The van der Waals surface area contributed by atoms with Crippen molar-refractivity contribution in [2.45, 2.75) is 6.54 Å². The Bertz CT molecular complexity index is 386. The van der Waals surface area contributed by atoms with Crippen molar-refractivity contribution in [2.24, 2.45) is 5.11 Å². The van der Waals surface area contributed by atoms with E-state index in [1.807, 2.05) is 0 Å². The van der Waals surface area contributed by atoms with Crippen LogP contribution in [0.1, 0.15) is 5.56 Å². The standard InChI is InChI=1S/C7H3F4N3/c8-4-1-5(9)7(11)3(6(4)10)2-13-14-12/h1H,2H2. The molecular weight excluding hydrogens is 202 g/mol.